The van der Waals surface area contributed by atoms with Crippen molar-refractivity contribution in [2.75, 3.05) is 39.8 Å². The number of hydrogen-bond acceptors (Lipinski definition) is 5. The van der Waals surface area contributed by atoms with Crippen molar-refractivity contribution in [2.45, 2.75) is 18.9 Å². The van der Waals surface area contributed by atoms with Gasteiger partial charge in [-0.3, -0.25) is 9.79 Å². The van der Waals surface area contributed by atoms with Crippen LogP contribution in [0.15, 0.2) is 114 Å². The van der Waals surface area contributed by atoms with Crippen LogP contribution in [0.5, 0.6) is 0 Å². The first-order chi connectivity index (χ1) is 20.7. The Kier molecular flexibility index (Phi) is 7.14. The average molecular weight is 554 g/mol. The van der Waals surface area contributed by atoms with Crippen LogP contribution >= 0.6 is 0 Å². The van der Waals surface area contributed by atoms with Crippen LogP contribution in [0.25, 0.3) is 21.5 Å². The average Bonchev–Trinajstić information content (AvgIpc) is 3.68. The van der Waals surface area contributed by atoms with Gasteiger partial charge in [-0.1, -0.05) is 84.9 Å². The minimum absolute atomic E-state index is 0.0815. The molecule has 1 atom stereocenters. The normalized spacial score (nSPS) is 16.8. The van der Waals surface area contributed by atoms with Gasteiger partial charge in [0.1, 0.15) is 5.71 Å². The monoisotopic (exact) mass is 553 g/mol. The van der Waals surface area contributed by atoms with Crippen LogP contribution in [0.3, 0.4) is 0 Å². The van der Waals surface area contributed by atoms with E-state index in [4.69, 9.17) is 9.98 Å². The van der Waals surface area contributed by atoms with Gasteiger partial charge in [0.25, 0.3) is 0 Å². The summed E-state index contributed by atoms with van der Waals surface area (Å²) in [5.74, 6) is -0.0815. The number of imidazole rings is 1. The number of aromatic nitrogens is 2. The fourth-order valence-corrected chi connectivity index (χ4v) is 6.74. The molecule has 1 aromatic heterocycles. The molecule has 210 valence electrons. The maximum absolute atomic E-state index is 12.3. The van der Waals surface area contributed by atoms with Gasteiger partial charge in [-0.2, -0.15) is 0 Å². The molecule has 4 aromatic carbocycles. The molecule has 6 nitrogen and oxygen atoms in total. The van der Waals surface area contributed by atoms with E-state index in [9.17, 15) is 4.79 Å². The van der Waals surface area contributed by atoms with E-state index in [1.54, 1.807) is 0 Å². The highest BCUT2D eigenvalue weighted by molar-refractivity contribution is 6.37. The molecule has 0 bridgehead atoms. The van der Waals surface area contributed by atoms with Crippen molar-refractivity contribution in [2.24, 2.45) is 4.99 Å². The van der Waals surface area contributed by atoms with Crippen molar-refractivity contribution < 1.29 is 4.79 Å². The number of allylic oxidation sites excluding steroid dienone is 1. The minimum atomic E-state index is -0.0815. The zero-order valence-corrected chi connectivity index (χ0v) is 24.0. The van der Waals surface area contributed by atoms with Crippen LogP contribution in [0.2, 0.25) is 0 Å². The summed E-state index contributed by atoms with van der Waals surface area (Å²) in [7, 11) is 2.16. The Morgan fingerprint density at radius 2 is 1.52 bits per heavy atom. The summed E-state index contributed by atoms with van der Waals surface area (Å²) in [6, 6.07) is 30.3. The van der Waals surface area contributed by atoms with Crippen molar-refractivity contribution in [3.63, 3.8) is 0 Å². The van der Waals surface area contributed by atoms with Crippen molar-refractivity contribution in [3.05, 3.63) is 126 Å². The fraction of sp³-hybridized carbons (Fsp3) is 0.250. The smallest absolute Gasteiger partial charge is 0.170 e. The number of aldehydes is 1. The molecular formula is C36H35N5O. The highest BCUT2D eigenvalue weighted by Crippen LogP contribution is 2.40. The van der Waals surface area contributed by atoms with E-state index in [0.29, 0.717) is 12.3 Å². The lowest BCUT2D eigenvalue weighted by Gasteiger charge is -2.36. The number of carbonyl (C=O) groups is 1. The number of carbonyl (C=O) groups excluding carboxylic acids is 1. The second kappa shape index (κ2) is 11.4. The Hall–Kier alpha value is -4.55. The molecule has 42 heavy (non-hydrogen) atoms. The molecule has 0 aliphatic carbocycles. The van der Waals surface area contributed by atoms with Crippen LogP contribution < -0.4 is 0 Å². The molecule has 7 rings (SSSR count). The molecule has 0 saturated carbocycles. The first-order valence-corrected chi connectivity index (χ1v) is 14.8. The van der Waals surface area contributed by atoms with E-state index < -0.39 is 0 Å². The lowest BCUT2D eigenvalue weighted by Crippen LogP contribution is -2.45. The standard InChI is InChI=1S/C36H35N5O/c1-39-18-20-40(21-19-39)36-32(22-38-33(36)24-42)35(31-15-7-12-27-9-3-5-14-30(27)31)34-23-37-25-41(34)17-16-28-11-6-10-26-8-2-4-13-29(26)28/h2-15,23-25,35H,16-22H2,1H3. The molecule has 1 unspecified atom stereocenters. The molecule has 0 spiro atoms. The van der Waals surface area contributed by atoms with Gasteiger partial charge in [-0.25, -0.2) is 4.98 Å². The van der Waals surface area contributed by atoms with Gasteiger partial charge in [0.15, 0.2) is 6.29 Å². The lowest BCUT2D eigenvalue weighted by molar-refractivity contribution is -0.102. The SMILES string of the molecule is CN1CCN(C2=C(C(c3cccc4ccccc34)c3cncn3CCc3cccc4ccccc34)CN=C2C=O)CC1. The third-order valence-electron chi connectivity index (χ3n) is 8.92. The minimum Gasteiger partial charge on any atom is -0.367 e. The molecule has 1 saturated heterocycles. The van der Waals surface area contributed by atoms with E-state index in [-0.39, 0.29) is 5.92 Å². The third-order valence-corrected chi connectivity index (χ3v) is 8.92. The number of aliphatic imine (C=N–C) groups is 1. The van der Waals surface area contributed by atoms with Gasteiger partial charge in [0.05, 0.1) is 24.5 Å². The Labute approximate surface area is 246 Å². The summed E-state index contributed by atoms with van der Waals surface area (Å²) >= 11 is 0. The molecule has 2 aliphatic rings. The summed E-state index contributed by atoms with van der Waals surface area (Å²) in [5, 5.41) is 4.99. The van der Waals surface area contributed by atoms with E-state index >= 15 is 0 Å². The summed E-state index contributed by atoms with van der Waals surface area (Å²) in [6.45, 7) is 5.01. The summed E-state index contributed by atoms with van der Waals surface area (Å²) in [4.78, 5) is 26.6. The quantitative estimate of drug-likeness (QED) is 0.231. The van der Waals surface area contributed by atoms with E-state index in [1.807, 2.05) is 12.5 Å². The second-order valence-corrected chi connectivity index (χ2v) is 11.4. The van der Waals surface area contributed by atoms with Gasteiger partial charge in [-0.15, -0.1) is 0 Å². The Morgan fingerprint density at radius 3 is 2.31 bits per heavy atom. The van der Waals surface area contributed by atoms with E-state index in [1.165, 1.54) is 38.2 Å². The highest BCUT2D eigenvalue weighted by atomic mass is 16.1. The van der Waals surface area contributed by atoms with Crippen LogP contribution in [0.4, 0.5) is 0 Å². The van der Waals surface area contributed by atoms with Gasteiger partial charge < -0.3 is 14.4 Å². The number of fused-ring (bicyclic) bond motifs is 2. The maximum Gasteiger partial charge on any atom is 0.170 e. The van der Waals surface area contributed by atoms with Gasteiger partial charge in [-0.05, 0) is 51.7 Å². The number of hydrogen-bond donors (Lipinski definition) is 0. The Balaban J connectivity index is 1.35. The zero-order valence-electron chi connectivity index (χ0n) is 24.0. The van der Waals surface area contributed by atoms with Crippen molar-refractivity contribution in [1.82, 2.24) is 19.4 Å². The first-order valence-electron chi connectivity index (χ1n) is 14.8. The summed E-state index contributed by atoms with van der Waals surface area (Å²) in [5.41, 5.74) is 6.46. The van der Waals surface area contributed by atoms with Gasteiger partial charge in [0, 0.05) is 44.6 Å². The number of likely N-dealkylation sites (N-methyl/N-ethyl adjacent to an activating group) is 1. The van der Waals surface area contributed by atoms with Crippen LogP contribution in [0.1, 0.15) is 22.7 Å². The highest BCUT2D eigenvalue weighted by Gasteiger charge is 2.34. The van der Waals surface area contributed by atoms with Crippen molar-refractivity contribution in [1.29, 1.82) is 0 Å². The largest absolute Gasteiger partial charge is 0.367 e. The fourth-order valence-electron chi connectivity index (χ4n) is 6.74. The van der Waals surface area contributed by atoms with Crippen LogP contribution in [-0.2, 0) is 17.8 Å². The lowest BCUT2D eigenvalue weighted by atomic mass is 9.84. The molecule has 5 aromatic rings. The molecular weight excluding hydrogens is 518 g/mol. The molecule has 1 fully saturated rings. The predicted octanol–water partition coefficient (Wildman–Crippen LogP) is 5.72. The molecule has 6 heteroatoms. The zero-order chi connectivity index (χ0) is 28.5. The number of rotatable bonds is 8. The van der Waals surface area contributed by atoms with Crippen molar-refractivity contribution in [3.8, 4) is 0 Å². The molecule has 0 N–H and O–H groups in total. The topological polar surface area (TPSA) is 53.7 Å². The molecule has 2 aliphatic heterocycles. The Morgan fingerprint density at radius 1 is 0.833 bits per heavy atom. The van der Waals surface area contributed by atoms with Gasteiger partial charge >= 0.3 is 0 Å². The maximum atomic E-state index is 12.3. The van der Waals surface area contributed by atoms with Crippen LogP contribution in [0, 0.1) is 0 Å². The molecule has 0 amide bonds. The number of piperazine rings is 1. The summed E-state index contributed by atoms with van der Waals surface area (Å²) in [6.07, 6.45) is 5.82. The first kappa shape index (κ1) is 26.4. The third kappa shape index (κ3) is 4.82. The van der Waals surface area contributed by atoms with Crippen molar-refractivity contribution >= 4 is 33.5 Å². The number of nitrogens with zero attached hydrogens (tertiary/aromatic N) is 5. The molecule has 3 heterocycles. The number of aryl methyl sites for hydroxylation is 2. The van der Waals surface area contributed by atoms with Gasteiger partial charge in [0.2, 0.25) is 0 Å². The number of benzene rings is 4. The second-order valence-electron chi connectivity index (χ2n) is 11.4. The Bertz CT molecular complexity index is 1810. The molecule has 0 radical (unpaired) electrons. The summed E-state index contributed by atoms with van der Waals surface area (Å²) < 4.78 is 2.31. The van der Waals surface area contributed by atoms with E-state index in [0.717, 1.165) is 56.8 Å². The van der Waals surface area contributed by atoms with Crippen LogP contribution in [-0.4, -0.2) is 71.1 Å². The predicted molar refractivity (Wildman–Crippen MR) is 170 cm³/mol. The van der Waals surface area contributed by atoms with E-state index in [2.05, 4.69) is 106 Å².